The normalized spacial score (nSPS) is 11.5. The molecule has 0 radical (unpaired) electrons. The smallest absolute Gasteiger partial charge is 0.265 e. The van der Waals surface area contributed by atoms with Gasteiger partial charge in [-0.1, -0.05) is 11.6 Å². The molecule has 0 bridgehead atoms. The quantitative estimate of drug-likeness (QED) is 0.852. The van der Waals surface area contributed by atoms with E-state index in [2.05, 4.69) is 9.71 Å². The molecule has 0 atom stereocenters. The molecule has 1 aromatic carbocycles. The van der Waals surface area contributed by atoms with Gasteiger partial charge in [0.2, 0.25) is 0 Å². The van der Waals surface area contributed by atoms with Crippen molar-refractivity contribution in [1.82, 2.24) is 4.98 Å². The van der Waals surface area contributed by atoms with Crippen LogP contribution < -0.4 is 10.5 Å². The van der Waals surface area contributed by atoms with E-state index in [1.54, 1.807) is 19.2 Å². The van der Waals surface area contributed by atoms with Crippen molar-refractivity contribution in [1.29, 1.82) is 0 Å². The molecular formula is C11H12ClN3O2S2. The Morgan fingerprint density at radius 1 is 1.37 bits per heavy atom. The lowest BCUT2D eigenvalue weighted by atomic mass is 10.2. The summed E-state index contributed by atoms with van der Waals surface area (Å²) >= 11 is 7.17. The Morgan fingerprint density at radius 3 is 2.63 bits per heavy atom. The number of nitrogens with one attached hydrogen (secondary N) is 1. The van der Waals surface area contributed by atoms with E-state index in [1.807, 2.05) is 0 Å². The Hall–Kier alpha value is -1.31. The lowest BCUT2D eigenvalue weighted by molar-refractivity contribution is 0.601. The Balaban J connectivity index is 2.42. The Bertz CT molecular complexity index is 726. The first kappa shape index (κ1) is 14.1. The van der Waals surface area contributed by atoms with Crippen LogP contribution in [0.4, 0.5) is 10.8 Å². The number of hydrogen-bond acceptors (Lipinski definition) is 5. The Kier molecular flexibility index (Phi) is 3.71. The summed E-state index contributed by atoms with van der Waals surface area (Å²) in [6.45, 7) is 3.54. The van der Waals surface area contributed by atoms with E-state index in [9.17, 15) is 8.42 Å². The predicted octanol–water partition coefficient (Wildman–Crippen LogP) is 2.80. The van der Waals surface area contributed by atoms with Crippen LogP contribution >= 0.6 is 22.9 Å². The van der Waals surface area contributed by atoms with Gasteiger partial charge in [0.05, 0.1) is 10.7 Å². The van der Waals surface area contributed by atoms with Gasteiger partial charge in [-0.25, -0.2) is 13.4 Å². The number of rotatable bonds is 3. The largest absolute Gasteiger partial charge is 0.398 e. The molecule has 1 heterocycles. The van der Waals surface area contributed by atoms with Crippen molar-refractivity contribution in [2.75, 3.05) is 10.5 Å². The molecule has 0 saturated carbocycles. The average Bonchev–Trinajstić information content (AvgIpc) is 2.68. The van der Waals surface area contributed by atoms with E-state index < -0.39 is 10.0 Å². The van der Waals surface area contributed by atoms with Crippen LogP contribution in [0.5, 0.6) is 0 Å². The van der Waals surface area contributed by atoms with Crippen LogP contribution in [0, 0.1) is 13.8 Å². The first-order valence-corrected chi connectivity index (χ1v) is 8.04. The standard InChI is InChI=1S/C11H12ClN3O2S2/c1-6-3-8(12)10(4-9(6)13)19(16,17)15-11-14-7(2)5-18-11/h3-5H,13H2,1-2H3,(H,14,15). The monoisotopic (exact) mass is 317 g/mol. The van der Waals surface area contributed by atoms with Crippen molar-refractivity contribution in [2.24, 2.45) is 0 Å². The lowest BCUT2D eigenvalue weighted by Gasteiger charge is -2.09. The van der Waals surface area contributed by atoms with Gasteiger partial charge < -0.3 is 5.73 Å². The maximum absolute atomic E-state index is 12.2. The second-order valence-electron chi connectivity index (χ2n) is 4.04. The molecule has 2 aromatic rings. The van der Waals surface area contributed by atoms with Crippen molar-refractivity contribution in [2.45, 2.75) is 18.7 Å². The van der Waals surface area contributed by atoms with Gasteiger partial charge in [0.1, 0.15) is 4.90 Å². The van der Waals surface area contributed by atoms with Gasteiger partial charge in [0.15, 0.2) is 5.13 Å². The summed E-state index contributed by atoms with van der Waals surface area (Å²) in [4.78, 5) is 3.99. The summed E-state index contributed by atoms with van der Waals surface area (Å²) in [5.74, 6) is 0. The van der Waals surface area contributed by atoms with Crippen molar-refractivity contribution in [3.05, 3.63) is 33.8 Å². The van der Waals surface area contributed by atoms with Crippen molar-refractivity contribution in [3.8, 4) is 0 Å². The van der Waals surface area contributed by atoms with Gasteiger partial charge >= 0.3 is 0 Å². The minimum Gasteiger partial charge on any atom is -0.398 e. The number of sulfonamides is 1. The number of nitrogen functional groups attached to an aromatic ring is 1. The first-order chi connectivity index (χ1) is 8.79. The van der Waals surface area contributed by atoms with Crippen LogP contribution in [0.25, 0.3) is 0 Å². The molecule has 5 nitrogen and oxygen atoms in total. The van der Waals surface area contributed by atoms with E-state index in [0.717, 1.165) is 11.3 Å². The number of aromatic nitrogens is 1. The van der Waals surface area contributed by atoms with Gasteiger partial charge in [0, 0.05) is 11.1 Å². The molecule has 0 aliphatic heterocycles. The number of aryl methyl sites for hydroxylation is 2. The maximum atomic E-state index is 12.2. The van der Waals surface area contributed by atoms with E-state index in [-0.39, 0.29) is 9.92 Å². The van der Waals surface area contributed by atoms with Crippen LogP contribution in [0.1, 0.15) is 11.3 Å². The fourth-order valence-electron chi connectivity index (χ4n) is 1.45. The third kappa shape index (κ3) is 2.99. The number of nitrogens with zero attached hydrogens (tertiary/aromatic N) is 1. The highest BCUT2D eigenvalue weighted by molar-refractivity contribution is 7.93. The topological polar surface area (TPSA) is 85.1 Å². The summed E-state index contributed by atoms with van der Waals surface area (Å²) in [6.07, 6.45) is 0. The molecule has 0 spiro atoms. The summed E-state index contributed by atoms with van der Waals surface area (Å²) in [5, 5.41) is 2.18. The third-order valence-corrected chi connectivity index (χ3v) is 5.26. The van der Waals surface area contributed by atoms with Crippen LogP contribution in [0.2, 0.25) is 5.02 Å². The number of halogens is 1. The van der Waals surface area contributed by atoms with Crippen LogP contribution in [-0.2, 0) is 10.0 Å². The van der Waals surface area contributed by atoms with E-state index >= 15 is 0 Å². The zero-order chi connectivity index (χ0) is 14.2. The van der Waals surface area contributed by atoms with E-state index in [4.69, 9.17) is 17.3 Å². The van der Waals surface area contributed by atoms with Crippen LogP contribution in [0.15, 0.2) is 22.4 Å². The Labute approximate surface area is 120 Å². The van der Waals surface area contributed by atoms with Crippen LogP contribution in [0.3, 0.4) is 0 Å². The molecular weight excluding hydrogens is 306 g/mol. The molecule has 8 heteroatoms. The molecule has 0 fully saturated rings. The molecule has 0 amide bonds. The molecule has 102 valence electrons. The molecule has 1 aromatic heterocycles. The lowest BCUT2D eigenvalue weighted by Crippen LogP contribution is -2.14. The van der Waals surface area contributed by atoms with Crippen molar-refractivity contribution < 1.29 is 8.42 Å². The Morgan fingerprint density at radius 2 is 2.05 bits per heavy atom. The molecule has 0 aliphatic carbocycles. The van der Waals surface area contributed by atoms with E-state index in [0.29, 0.717) is 10.8 Å². The molecule has 19 heavy (non-hydrogen) atoms. The number of hydrogen-bond donors (Lipinski definition) is 2. The molecule has 0 aliphatic rings. The molecule has 2 rings (SSSR count). The second-order valence-corrected chi connectivity index (χ2v) is 6.95. The number of anilines is 2. The highest BCUT2D eigenvalue weighted by atomic mass is 35.5. The summed E-state index contributed by atoms with van der Waals surface area (Å²) < 4.78 is 26.8. The van der Waals surface area contributed by atoms with E-state index in [1.165, 1.54) is 23.5 Å². The molecule has 3 N–H and O–H groups in total. The van der Waals surface area contributed by atoms with Gasteiger partial charge in [-0.15, -0.1) is 11.3 Å². The fourth-order valence-corrected chi connectivity index (χ4v) is 4.00. The zero-order valence-electron chi connectivity index (χ0n) is 10.3. The summed E-state index contributed by atoms with van der Waals surface area (Å²) in [6, 6.07) is 2.87. The second kappa shape index (κ2) is 4.99. The molecule has 0 unspecified atom stereocenters. The zero-order valence-corrected chi connectivity index (χ0v) is 12.7. The minimum atomic E-state index is -3.78. The molecule has 0 saturated heterocycles. The average molecular weight is 318 g/mol. The maximum Gasteiger partial charge on any atom is 0.265 e. The van der Waals surface area contributed by atoms with Crippen molar-refractivity contribution >= 4 is 43.8 Å². The minimum absolute atomic E-state index is 0.0508. The number of nitrogens with two attached hydrogens (primary N) is 1. The third-order valence-electron chi connectivity index (χ3n) is 2.45. The SMILES string of the molecule is Cc1csc(NS(=O)(=O)c2cc(N)c(C)cc2Cl)n1. The van der Waals surface area contributed by atoms with Gasteiger partial charge in [-0.05, 0) is 31.5 Å². The van der Waals surface area contributed by atoms with Crippen LogP contribution in [-0.4, -0.2) is 13.4 Å². The van der Waals surface area contributed by atoms with Gasteiger partial charge in [-0.3, -0.25) is 4.72 Å². The summed E-state index contributed by atoms with van der Waals surface area (Å²) in [5.41, 5.74) is 7.57. The van der Waals surface area contributed by atoms with Gasteiger partial charge in [0.25, 0.3) is 10.0 Å². The summed E-state index contributed by atoms with van der Waals surface area (Å²) in [7, 11) is -3.78. The number of benzene rings is 1. The van der Waals surface area contributed by atoms with Gasteiger partial charge in [-0.2, -0.15) is 0 Å². The fraction of sp³-hybridized carbons (Fsp3) is 0.182. The highest BCUT2D eigenvalue weighted by Gasteiger charge is 2.20. The van der Waals surface area contributed by atoms with Crippen molar-refractivity contribution in [3.63, 3.8) is 0 Å². The highest BCUT2D eigenvalue weighted by Crippen LogP contribution is 2.28. The predicted molar refractivity (Wildman–Crippen MR) is 78.3 cm³/mol. The number of thiazole rings is 1. The first-order valence-electron chi connectivity index (χ1n) is 5.30.